The summed E-state index contributed by atoms with van der Waals surface area (Å²) < 4.78 is 0.872. The highest BCUT2D eigenvalue weighted by molar-refractivity contribution is 9.10. The molecule has 0 saturated heterocycles. The molecule has 0 N–H and O–H groups in total. The third kappa shape index (κ3) is 4.42. The number of aryl methyl sites for hydroxylation is 1. The lowest BCUT2D eigenvalue weighted by Crippen LogP contribution is -1.93. The van der Waals surface area contributed by atoms with Gasteiger partial charge in [0.05, 0.1) is 0 Å². The molecule has 0 bridgehead atoms. The molecule has 0 saturated carbocycles. The van der Waals surface area contributed by atoms with Gasteiger partial charge in [0.15, 0.2) is 0 Å². The first-order valence-electron chi connectivity index (χ1n) is 4.72. The lowest BCUT2D eigenvalue weighted by molar-refractivity contribution is 0.632. The van der Waals surface area contributed by atoms with Crippen LogP contribution in [0.15, 0.2) is 15.7 Å². The zero-order chi connectivity index (χ0) is 10.6. The van der Waals surface area contributed by atoms with Crippen LogP contribution in [0.4, 0.5) is 0 Å². The van der Waals surface area contributed by atoms with Gasteiger partial charge in [-0.3, -0.25) is 0 Å². The SMILES string of the molecule is Cc1nc(Br)cc(SCCC(C)C)n1. The van der Waals surface area contributed by atoms with Crippen LogP contribution in [-0.2, 0) is 0 Å². The van der Waals surface area contributed by atoms with Gasteiger partial charge in [-0.2, -0.15) is 0 Å². The largest absolute Gasteiger partial charge is 0.227 e. The first-order valence-corrected chi connectivity index (χ1v) is 6.50. The molecule has 14 heavy (non-hydrogen) atoms. The van der Waals surface area contributed by atoms with E-state index in [0.29, 0.717) is 0 Å². The number of nitrogens with zero attached hydrogens (tertiary/aromatic N) is 2. The van der Waals surface area contributed by atoms with Gasteiger partial charge in [-0.15, -0.1) is 11.8 Å². The number of aromatic nitrogens is 2. The van der Waals surface area contributed by atoms with E-state index in [0.717, 1.165) is 27.1 Å². The monoisotopic (exact) mass is 274 g/mol. The van der Waals surface area contributed by atoms with E-state index in [9.17, 15) is 0 Å². The number of halogens is 1. The van der Waals surface area contributed by atoms with Crippen LogP contribution < -0.4 is 0 Å². The van der Waals surface area contributed by atoms with Gasteiger partial charge >= 0.3 is 0 Å². The van der Waals surface area contributed by atoms with Crippen molar-refractivity contribution in [3.8, 4) is 0 Å². The minimum absolute atomic E-state index is 0.758. The molecule has 0 atom stereocenters. The van der Waals surface area contributed by atoms with Crippen molar-refractivity contribution in [2.75, 3.05) is 5.75 Å². The molecule has 0 aliphatic rings. The lowest BCUT2D eigenvalue weighted by atomic mass is 10.2. The molecule has 1 aromatic rings. The first-order chi connectivity index (χ1) is 6.58. The van der Waals surface area contributed by atoms with Gasteiger partial charge < -0.3 is 0 Å². The molecular weight excluding hydrogens is 260 g/mol. The fourth-order valence-electron chi connectivity index (χ4n) is 0.979. The molecule has 0 spiro atoms. The molecule has 0 aliphatic heterocycles. The topological polar surface area (TPSA) is 25.8 Å². The summed E-state index contributed by atoms with van der Waals surface area (Å²) in [4.78, 5) is 8.52. The fourth-order valence-corrected chi connectivity index (χ4v) is 2.79. The highest BCUT2D eigenvalue weighted by Gasteiger charge is 2.01. The molecule has 0 fully saturated rings. The van der Waals surface area contributed by atoms with E-state index in [4.69, 9.17) is 0 Å². The standard InChI is InChI=1S/C10H15BrN2S/c1-7(2)4-5-14-10-6-9(11)12-8(3)13-10/h6-7H,4-5H2,1-3H3. The number of rotatable bonds is 4. The van der Waals surface area contributed by atoms with Crippen molar-refractivity contribution in [3.05, 3.63) is 16.5 Å². The fraction of sp³-hybridized carbons (Fsp3) is 0.600. The van der Waals surface area contributed by atoms with Crippen LogP contribution in [0.3, 0.4) is 0 Å². The highest BCUT2D eigenvalue weighted by Crippen LogP contribution is 2.20. The maximum atomic E-state index is 4.35. The van der Waals surface area contributed by atoms with E-state index in [1.807, 2.05) is 13.0 Å². The minimum Gasteiger partial charge on any atom is -0.227 e. The molecule has 0 aliphatic carbocycles. The van der Waals surface area contributed by atoms with E-state index < -0.39 is 0 Å². The predicted molar refractivity (Wildman–Crippen MR) is 64.6 cm³/mol. The van der Waals surface area contributed by atoms with Crippen LogP contribution in [0, 0.1) is 12.8 Å². The molecule has 78 valence electrons. The Balaban J connectivity index is 2.50. The summed E-state index contributed by atoms with van der Waals surface area (Å²) in [5, 5.41) is 1.06. The normalized spacial score (nSPS) is 10.9. The van der Waals surface area contributed by atoms with Crippen molar-refractivity contribution in [3.63, 3.8) is 0 Å². The summed E-state index contributed by atoms with van der Waals surface area (Å²) in [6.45, 7) is 6.39. The zero-order valence-corrected chi connectivity index (χ0v) is 11.2. The molecule has 2 nitrogen and oxygen atoms in total. The summed E-state index contributed by atoms with van der Waals surface area (Å²) in [5.41, 5.74) is 0. The summed E-state index contributed by atoms with van der Waals surface area (Å²) in [5.74, 6) is 2.71. The van der Waals surface area contributed by atoms with Gasteiger partial charge in [0, 0.05) is 6.07 Å². The van der Waals surface area contributed by atoms with E-state index in [-0.39, 0.29) is 0 Å². The molecule has 0 unspecified atom stereocenters. The van der Waals surface area contributed by atoms with Crippen LogP contribution >= 0.6 is 27.7 Å². The van der Waals surface area contributed by atoms with Gasteiger partial charge in [-0.05, 0) is 40.9 Å². The van der Waals surface area contributed by atoms with Crippen LogP contribution in [0.25, 0.3) is 0 Å². The predicted octanol–water partition coefficient (Wildman–Crippen LogP) is 3.69. The van der Waals surface area contributed by atoms with E-state index >= 15 is 0 Å². The Morgan fingerprint density at radius 1 is 1.43 bits per heavy atom. The van der Waals surface area contributed by atoms with Crippen molar-refractivity contribution in [2.45, 2.75) is 32.2 Å². The van der Waals surface area contributed by atoms with Crippen molar-refractivity contribution >= 4 is 27.7 Å². The summed E-state index contributed by atoms with van der Waals surface area (Å²) in [6.07, 6.45) is 1.23. The molecule has 0 radical (unpaired) electrons. The Kier molecular flexibility index (Phi) is 4.89. The van der Waals surface area contributed by atoms with Crippen LogP contribution in [0.1, 0.15) is 26.1 Å². The molecule has 1 heterocycles. The van der Waals surface area contributed by atoms with Crippen LogP contribution in [0.2, 0.25) is 0 Å². The summed E-state index contributed by atoms with van der Waals surface area (Å²) in [6, 6.07) is 1.97. The Morgan fingerprint density at radius 3 is 2.71 bits per heavy atom. The molecular formula is C10H15BrN2S. The summed E-state index contributed by atoms with van der Waals surface area (Å²) >= 11 is 5.17. The Morgan fingerprint density at radius 2 is 2.14 bits per heavy atom. The average Bonchev–Trinajstić information content (AvgIpc) is 2.01. The highest BCUT2D eigenvalue weighted by atomic mass is 79.9. The third-order valence-corrected chi connectivity index (χ3v) is 3.08. The van der Waals surface area contributed by atoms with Crippen molar-refractivity contribution in [1.82, 2.24) is 9.97 Å². The number of hydrogen-bond acceptors (Lipinski definition) is 3. The first kappa shape index (κ1) is 12.0. The van der Waals surface area contributed by atoms with Gasteiger partial charge in [-0.25, -0.2) is 9.97 Å². The molecule has 0 aromatic carbocycles. The maximum Gasteiger partial charge on any atom is 0.127 e. The minimum atomic E-state index is 0.758. The second-order valence-electron chi connectivity index (χ2n) is 3.61. The van der Waals surface area contributed by atoms with Gasteiger partial charge in [0.2, 0.25) is 0 Å². The molecule has 1 rings (SSSR count). The lowest BCUT2D eigenvalue weighted by Gasteiger charge is -2.04. The summed E-state index contributed by atoms with van der Waals surface area (Å²) in [7, 11) is 0. The van der Waals surface area contributed by atoms with Gasteiger partial charge in [0.1, 0.15) is 15.5 Å². The van der Waals surface area contributed by atoms with E-state index in [1.165, 1.54) is 6.42 Å². The molecule has 4 heteroatoms. The Hall–Kier alpha value is -0.0900. The third-order valence-electron chi connectivity index (χ3n) is 1.73. The number of thioether (sulfide) groups is 1. The smallest absolute Gasteiger partial charge is 0.127 e. The van der Waals surface area contributed by atoms with E-state index in [1.54, 1.807) is 11.8 Å². The van der Waals surface area contributed by atoms with Crippen LogP contribution in [0.5, 0.6) is 0 Å². The number of hydrogen-bond donors (Lipinski definition) is 0. The van der Waals surface area contributed by atoms with Gasteiger partial charge in [0.25, 0.3) is 0 Å². The van der Waals surface area contributed by atoms with Crippen molar-refractivity contribution in [2.24, 2.45) is 5.92 Å². The maximum absolute atomic E-state index is 4.35. The van der Waals surface area contributed by atoms with Crippen molar-refractivity contribution in [1.29, 1.82) is 0 Å². The average molecular weight is 275 g/mol. The Labute approximate surface area is 98.1 Å². The van der Waals surface area contributed by atoms with E-state index in [2.05, 4.69) is 39.7 Å². The quantitative estimate of drug-likeness (QED) is 0.619. The van der Waals surface area contributed by atoms with Gasteiger partial charge in [-0.1, -0.05) is 13.8 Å². The zero-order valence-electron chi connectivity index (χ0n) is 8.75. The second-order valence-corrected chi connectivity index (χ2v) is 5.53. The second kappa shape index (κ2) is 5.71. The molecule has 0 amide bonds. The van der Waals surface area contributed by atoms with Crippen molar-refractivity contribution < 1.29 is 0 Å². The molecule has 1 aromatic heterocycles. The Bertz CT molecular complexity index is 282. The van der Waals surface area contributed by atoms with Crippen LogP contribution in [-0.4, -0.2) is 15.7 Å².